The molecule has 7 unspecified atom stereocenters. The first-order valence-electron chi connectivity index (χ1n) is 9.53. The number of ketones is 1. The van der Waals surface area contributed by atoms with Crippen molar-refractivity contribution in [2.24, 2.45) is 40.4 Å². The van der Waals surface area contributed by atoms with Gasteiger partial charge in [-0.3, -0.25) is 9.59 Å². The van der Waals surface area contributed by atoms with Crippen LogP contribution >= 0.6 is 12.6 Å². The fraction of sp³-hybridized carbons (Fsp3) is 0.636. The molecule has 0 radical (unpaired) electrons. The second-order valence-corrected chi connectivity index (χ2v) is 9.57. The van der Waals surface area contributed by atoms with Crippen molar-refractivity contribution in [2.45, 2.75) is 45.6 Å². The first kappa shape index (κ1) is 18.1. The molecule has 0 aromatic heterocycles. The maximum atomic E-state index is 12.3. The summed E-state index contributed by atoms with van der Waals surface area (Å²) in [5.41, 5.74) is 0.552. The highest BCUT2D eigenvalue weighted by molar-refractivity contribution is 7.96. The zero-order valence-electron chi connectivity index (χ0n) is 15.3. The van der Waals surface area contributed by atoms with Gasteiger partial charge < -0.3 is 5.11 Å². The summed E-state index contributed by atoms with van der Waals surface area (Å²) in [5.74, 6) is 3.17. The van der Waals surface area contributed by atoms with Crippen LogP contribution in [0.2, 0.25) is 0 Å². The third-order valence-corrected chi connectivity index (χ3v) is 8.31. The zero-order valence-corrected chi connectivity index (χ0v) is 16.2. The van der Waals surface area contributed by atoms with Crippen molar-refractivity contribution >= 4 is 23.5 Å². The number of carbonyl (C=O) groups excluding carboxylic acids is 2. The van der Waals surface area contributed by atoms with Crippen LogP contribution in [0, 0.1) is 52.8 Å². The highest BCUT2D eigenvalue weighted by Crippen LogP contribution is 2.67. The van der Waals surface area contributed by atoms with E-state index in [1.807, 2.05) is 6.08 Å². The molecule has 0 aromatic rings. The number of allylic oxidation sites excluding steroid dienone is 4. The maximum absolute atomic E-state index is 12.3. The summed E-state index contributed by atoms with van der Waals surface area (Å²) in [5, 5.41) is 11.1. The molecular formula is C22H26O3S. The SMILES string of the molecule is C#C[C@@H]1CC2C3CCC4=CC(=O)C=CC4(C)C3C(O)CC2(C)C1C(=O)S. The number of aliphatic hydroxyl groups is 1. The number of rotatable bonds is 1. The minimum absolute atomic E-state index is 0.0417. The van der Waals surface area contributed by atoms with Gasteiger partial charge in [0.05, 0.1) is 6.10 Å². The zero-order chi connectivity index (χ0) is 18.9. The Hall–Kier alpha value is -1.31. The Balaban J connectivity index is 1.77. The molecular weight excluding hydrogens is 344 g/mol. The standard InChI is InChI=1S/C22H26O3S/c1-4-12-9-16-15-6-5-13-10-14(23)7-8-21(13,2)19(15)17(24)11-22(16,3)18(12)20(25)26/h1,7-8,10,12,15-19,24H,5-6,9,11H2,2-3H3,(H,25,26)/t12-,15?,16?,17?,18?,19?,21?,22?/m1/s1. The summed E-state index contributed by atoms with van der Waals surface area (Å²) in [6.45, 7) is 4.28. The lowest BCUT2D eigenvalue weighted by molar-refractivity contribution is -0.133. The molecule has 0 amide bonds. The molecule has 4 aliphatic rings. The Labute approximate surface area is 160 Å². The average Bonchev–Trinajstić information content (AvgIpc) is 2.87. The second-order valence-electron chi connectivity index (χ2n) is 9.12. The molecule has 0 aliphatic heterocycles. The quantitative estimate of drug-likeness (QED) is 0.551. The van der Waals surface area contributed by atoms with Gasteiger partial charge in [-0.1, -0.05) is 25.5 Å². The van der Waals surface area contributed by atoms with Crippen molar-refractivity contribution in [3.63, 3.8) is 0 Å². The van der Waals surface area contributed by atoms with Crippen LogP contribution in [0.5, 0.6) is 0 Å². The Morgan fingerprint density at radius 1 is 1.42 bits per heavy atom. The summed E-state index contributed by atoms with van der Waals surface area (Å²) < 4.78 is 0. The smallest absolute Gasteiger partial charge is 0.190 e. The van der Waals surface area contributed by atoms with Crippen molar-refractivity contribution in [1.82, 2.24) is 0 Å². The number of fused-ring (bicyclic) bond motifs is 5. The normalized spacial score (nSPS) is 49.5. The van der Waals surface area contributed by atoms with Gasteiger partial charge in [0.25, 0.3) is 0 Å². The van der Waals surface area contributed by atoms with E-state index in [-0.39, 0.29) is 39.5 Å². The molecule has 0 spiro atoms. The highest BCUT2D eigenvalue weighted by atomic mass is 32.1. The first-order valence-corrected chi connectivity index (χ1v) is 9.98. The van der Waals surface area contributed by atoms with Crippen LogP contribution < -0.4 is 0 Å². The van der Waals surface area contributed by atoms with Crippen LogP contribution in [0.25, 0.3) is 0 Å². The van der Waals surface area contributed by atoms with Crippen LogP contribution in [-0.4, -0.2) is 22.1 Å². The molecule has 4 rings (SSSR count). The lowest BCUT2D eigenvalue weighted by Gasteiger charge is -2.58. The molecule has 8 atom stereocenters. The molecule has 26 heavy (non-hydrogen) atoms. The number of hydrogen-bond acceptors (Lipinski definition) is 3. The monoisotopic (exact) mass is 370 g/mol. The van der Waals surface area contributed by atoms with E-state index in [1.165, 1.54) is 0 Å². The summed E-state index contributed by atoms with van der Waals surface area (Å²) >= 11 is 4.15. The van der Waals surface area contributed by atoms with Crippen LogP contribution in [0.1, 0.15) is 39.5 Å². The highest BCUT2D eigenvalue weighted by Gasteiger charge is 2.64. The second kappa shape index (κ2) is 5.84. The summed E-state index contributed by atoms with van der Waals surface area (Å²) in [6, 6.07) is 0. The van der Waals surface area contributed by atoms with Crippen LogP contribution in [0.15, 0.2) is 23.8 Å². The van der Waals surface area contributed by atoms with Gasteiger partial charge in [0.2, 0.25) is 0 Å². The largest absolute Gasteiger partial charge is 0.393 e. The van der Waals surface area contributed by atoms with Crippen LogP contribution in [0.3, 0.4) is 0 Å². The third kappa shape index (κ3) is 2.26. The molecule has 0 aromatic carbocycles. The van der Waals surface area contributed by atoms with Gasteiger partial charge in [-0.05, 0) is 55.1 Å². The van der Waals surface area contributed by atoms with Gasteiger partial charge in [0.1, 0.15) is 0 Å². The Morgan fingerprint density at radius 2 is 2.15 bits per heavy atom. The fourth-order valence-electron chi connectivity index (χ4n) is 6.99. The summed E-state index contributed by atoms with van der Waals surface area (Å²) in [4.78, 5) is 24.1. The number of aliphatic hydroxyl groups excluding tert-OH is 1. The molecule has 3 saturated carbocycles. The molecule has 0 saturated heterocycles. The molecule has 3 nitrogen and oxygen atoms in total. The molecule has 0 bridgehead atoms. The number of thiol groups is 1. The molecule has 0 heterocycles. The predicted molar refractivity (Wildman–Crippen MR) is 103 cm³/mol. The van der Waals surface area contributed by atoms with Gasteiger partial charge in [0.15, 0.2) is 10.9 Å². The first-order chi connectivity index (χ1) is 12.2. The molecule has 4 heteroatoms. The van der Waals surface area contributed by atoms with E-state index in [9.17, 15) is 14.7 Å². The predicted octanol–water partition coefficient (Wildman–Crippen LogP) is 3.20. The summed E-state index contributed by atoms with van der Waals surface area (Å²) in [6.07, 6.45) is 13.9. The van der Waals surface area contributed by atoms with Crippen molar-refractivity contribution in [1.29, 1.82) is 0 Å². The molecule has 1 N–H and O–H groups in total. The van der Waals surface area contributed by atoms with Gasteiger partial charge in [-0.15, -0.1) is 25.0 Å². The van der Waals surface area contributed by atoms with Gasteiger partial charge >= 0.3 is 0 Å². The summed E-state index contributed by atoms with van der Waals surface area (Å²) in [7, 11) is 0. The van der Waals surface area contributed by atoms with Crippen LogP contribution in [-0.2, 0) is 9.59 Å². The lowest BCUT2D eigenvalue weighted by atomic mass is 9.47. The van der Waals surface area contributed by atoms with Gasteiger partial charge in [0, 0.05) is 23.2 Å². The van der Waals surface area contributed by atoms with Gasteiger partial charge in [-0.2, -0.15) is 0 Å². The average molecular weight is 371 g/mol. The van der Waals surface area contributed by atoms with Crippen molar-refractivity contribution < 1.29 is 14.7 Å². The molecule has 138 valence electrons. The van der Waals surface area contributed by atoms with E-state index in [1.54, 1.807) is 12.2 Å². The van der Waals surface area contributed by atoms with Gasteiger partial charge in [-0.25, -0.2) is 0 Å². The van der Waals surface area contributed by atoms with Crippen LogP contribution in [0.4, 0.5) is 0 Å². The maximum Gasteiger partial charge on any atom is 0.190 e. The minimum atomic E-state index is -0.514. The molecule has 3 fully saturated rings. The minimum Gasteiger partial charge on any atom is -0.393 e. The van der Waals surface area contributed by atoms with E-state index in [4.69, 9.17) is 6.42 Å². The van der Waals surface area contributed by atoms with E-state index >= 15 is 0 Å². The van der Waals surface area contributed by atoms with E-state index in [0.717, 1.165) is 24.8 Å². The third-order valence-electron chi connectivity index (χ3n) is 8.03. The Kier molecular flexibility index (Phi) is 4.06. The van der Waals surface area contributed by atoms with E-state index in [2.05, 4.69) is 32.4 Å². The number of terminal acetylenes is 1. The lowest BCUT2D eigenvalue weighted by Crippen LogP contribution is -2.56. The Bertz CT molecular complexity index is 775. The topological polar surface area (TPSA) is 54.4 Å². The van der Waals surface area contributed by atoms with Crippen molar-refractivity contribution in [3.05, 3.63) is 23.8 Å². The van der Waals surface area contributed by atoms with Crippen molar-refractivity contribution in [3.8, 4) is 12.3 Å². The van der Waals surface area contributed by atoms with E-state index < -0.39 is 6.10 Å². The number of hydrogen-bond donors (Lipinski definition) is 2. The molecule has 4 aliphatic carbocycles. The van der Waals surface area contributed by atoms with E-state index in [0.29, 0.717) is 18.3 Å². The fourth-order valence-corrected chi connectivity index (χ4v) is 7.47. The Morgan fingerprint density at radius 3 is 2.81 bits per heavy atom. The number of carbonyl (C=O) groups is 2. The van der Waals surface area contributed by atoms with Crippen molar-refractivity contribution in [2.75, 3.05) is 0 Å².